The van der Waals surface area contributed by atoms with Crippen LogP contribution >= 0.6 is 12.2 Å². The zero-order valence-electron chi connectivity index (χ0n) is 11.5. The molecular weight excluding hydrogens is 258 g/mol. The molecule has 5 heteroatoms. The van der Waals surface area contributed by atoms with Gasteiger partial charge in [-0.1, -0.05) is 25.2 Å². The van der Waals surface area contributed by atoms with Crippen molar-refractivity contribution in [3.63, 3.8) is 0 Å². The lowest BCUT2D eigenvalue weighted by Crippen LogP contribution is -2.48. The summed E-state index contributed by atoms with van der Waals surface area (Å²) in [5.41, 5.74) is 7.58. The molecule has 1 aromatic heterocycles. The number of thiocarbonyl (C=S) groups is 1. The molecule has 0 amide bonds. The molecule has 2 unspecified atom stereocenters. The number of rotatable bonds is 4. The van der Waals surface area contributed by atoms with Gasteiger partial charge in [-0.3, -0.25) is 9.88 Å². The summed E-state index contributed by atoms with van der Waals surface area (Å²) in [5, 5.41) is 0. The average Bonchev–Trinajstić information content (AvgIpc) is 2.39. The van der Waals surface area contributed by atoms with E-state index in [1.54, 1.807) is 6.20 Å². The van der Waals surface area contributed by atoms with E-state index in [1.807, 2.05) is 12.1 Å². The molecule has 2 heterocycles. The number of pyridine rings is 1. The molecule has 2 rings (SSSR count). The van der Waals surface area contributed by atoms with Gasteiger partial charge in [-0.2, -0.15) is 0 Å². The van der Waals surface area contributed by atoms with Crippen molar-refractivity contribution in [3.8, 4) is 0 Å². The molecule has 1 aliphatic heterocycles. The van der Waals surface area contributed by atoms with Crippen molar-refractivity contribution in [3.05, 3.63) is 29.6 Å². The summed E-state index contributed by atoms with van der Waals surface area (Å²) in [5.74, 6) is 0. The maximum absolute atomic E-state index is 5.74. The lowest BCUT2D eigenvalue weighted by Gasteiger charge is -2.38. The third-order valence-electron chi connectivity index (χ3n) is 3.55. The molecule has 0 bridgehead atoms. The van der Waals surface area contributed by atoms with Gasteiger partial charge in [-0.25, -0.2) is 0 Å². The van der Waals surface area contributed by atoms with E-state index in [0.717, 1.165) is 37.4 Å². The predicted molar refractivity (Wildman–Crippen MR) is 80.0 cm³/mol. The molecule has 0 aliphatic carbocycles. The van der Waals surface area contributed by atoms with Gasteiger partial charge in [0, 0.05) is 25.3 Å². The Morgan fingerprint density at radius 3 is 3.11 bits per heavy atom. The van der Waals surface area contributed by atoms with Crippen molar-refractivity contribution in [2.45, 2.75) is 39.0 Å². The highest BCUT2D eigenvalue weighted by Crippen LogP contribution is 2.18. The van der Waals surface area contributed by atoms with Crippen LogP contribution in [-0.2, 0) is 11.3 Å². The van der Waals surface area contributed by atoms with Crippen molar-refractivity contribution in [1.82, 2.24) is 9.88 Å². The van der Waals surface area contributed by atoms with Crippen molar-refractivity contribution in [1.29, 1.82) is 0 Å². The standard InChI is InChI=1S/C14H21N3OS/c1-3-12-9-18-10(2)7-17(12)8-11-5-4-6-16-13(11)14(15)19/h4-6,10,12H,3,7-9H2,1-2H3,(H2,15,19). The Labute approximate surface area is 120 Å². The number of ether oxygens (including phenoxy) is 1. The number of nitrogens with zero attached hydrogens (tertiary/aromatic N) is 2. The molecule has 0 spiro atoms. The van der Waals surface area contributed by atoms with Gasteiger partial charge in [0.05, 0.1) is 12.7 Å². The first-order chi connectivity index (χ1) is 9.11. The van der Waals surface area contributed by atoms with E-state index in [9.17, 15) is 0 Å². The molecule has 2 N–H and O–H groups in total. The largest absolute Gasteiger partial charge is 0.388 e. The summed E-state index contributed by atoms with van der Waals surface area (Å²) in [7, 11) is 0. The van der Waals surface area contributed by atoms with Crippen molar-refractivity contribution in [2.75, 3.05) is 13.2 Å². The molecule has 0 radical (unpaired) electrons. The fourth-order valence-corrected chi connectivity index (χ4v) is 2.67. The van der Waals surface area contributed by atoms with Crippen LogP contribution < -0.4 is 5.73 Å². The Morgan fingerprint density at radius 2 is 2.42 bits per heavy atom. The summed E-state index contributed by atoms with van der Waals surface area (Å²) in [6, 6.07) is 4.44. The zero-order chi connectivity index (χ0) is 13.8. The Kier molecular flexibility index (Phi) is 4.85. The summed E-state index contributed by atoms with van der Waals surface area (Å²) >= 11 is 5.07. The van der Waals surface area contributed by atoms with E-state index < -0.39 is 0 Å². The van der Waals surface area contributed by atoms with E-state index in [0.29, 0.717) is 11.0 Å². The van der Waals surface area contributed by atoms with Crippen LogP contribution in [0, 0.1) is 0 Å². The first kappa shape index (κ1) is 14.4. The lowest BCUT2D eigenvalue weighted by molar-refractivity contribution is -0.0592. The first-order valence-corrected chi connectivity index (χ1v) is 7.12. The highest BCUT2D eigenvalue weighted by Gasteiger charge is 2.26. The molecule has 2 atom stereocenters. The molecular formula is C14H21N3OS. The number of aromatic nitrogens is 1. The Balaban J connectivity index is 2.17. The van der Waals surface area contributed by atoms with Crippen molar-refractivity contribution >= 4 is 17.2 Å². The van der Waals surface area contributed by atoms with Crippen LogP contribution in [0.25, 0.3) is 0 Å². The molecule has 1 aliphatic rings. The number of hydrogen-bond acceptors (Lipinski definition) is 4. The number of morpholine rings is 1. The Morgan fingerprint density at radius 1 is 1.63 bits per heavy atom. The Hall–Kier alpha value is -1.04. The van der Waals surface area contributed by atoms with Gasteiger partial charge in [0.2, 0.25) is 0 Å². The SMILES string of the molecule is CCC1COC(C)CN1Cc1cccnc1C(N)=S. The number of hydrogen-bond donors (Lipinski definition) is 1. The highest BCUT2D eigenvalue weighted by molar-refractivity contribution is 7.80. The van der Waals surface area contributed by atoms with Gasteiger partial charge in [-0.15, -0.1) is 0 Å². The van der Waals surface area contributed by atoms with Gasteiger partial charge in [-0.05, 0) is 25.0 Å². The minimum Gasteiger partial charge on any atom is -0.388 e. The van der Waals surface area contributed by atoms with Gasteiger partial charge < -0.3 is 10.5 Å². The van der Waals surface area contributed by atoms with Crippen LogP contribution in [0.2, 0.25) is 0 Å². The van der Waals surface area contributed by atoms with E-state index in [1.165, 1.54) is 0 Å². The third-order valence-corrected chi connectivity index (χ3v) is 3.74. The molecule has 19 heavy (non-hydrogen) atoms. The molecule has 1 aromatic rings. The topological polar surface area (TPSA) is 51.4 Å². The monoisotopic (exact) mass is 279 g/mol. The molecule has 1 saturated heterocycles. The smallest absolute Gasteiger partial charge is 0.123 e. The quantitative estimate of drug-likeness (QED) is 0.850. The van der Waals surface area contributed by atoms with E-state index in [4.69, 9.17) is 22.7 Å². The van der Waals surface area contributed by atoms with Gasteiger partial charge in [0.25, 0.3) is 0 Å². The second-order valence-corrected chi connectivity index (χ2v) is 5.45. The predicted octanol–water partition coefficient (Wildman–Crippen LogP) is 1.72. The normalized spacial score (nSPS) is 24.3. The fraction of sp³-hybridized carbons (Fsp3) is 0.571. The molecule has 4 nitrogen and oxygen atoms in total. The summed E-state index contributed by atoms with van der Waals surface area (Å²) < 4.78 is 5.72. The van der Waals surface area contributed by atoms with E-state index in [-0.39, 0.29) is 6.10 Å². The van der Waals surface area contributed by atoms with Crippen LogP contribution in [0.1, 0.15) is 31.5 Å². The third kappa shape index (κ3) is 3.49. The summed E-state index contributed by atoms with van der Waals surface area (Å²) in [6.45, 7) is 6.85. The van der Waals surface area contributed by atoms with Gasteiger partial charge in [0.1, 0.15) is 10.7 Å². The van der Waals surface area contributed by atoms with E-state index >= 15 is 0 Å². The minimum absolute atomic E-state index is 0.271. The number of nitrogens with two attached hydrogens (primary N) is 1. The maximum Gasteiger partial charge on any atom is 0.123 e. The zero-order valence-corrected chi connectivity index (χ0v) is 12.3. The minimum atomic E-state index is 0.271. The van der Waals surface area contributed by atoms with E-state index in [2.05, 4.69) is 23.7 Å². The first-order valence-electron chi connectivity index (χ1n) is 6.71. The van der Waals surface area contributed by atoms with Crippen LogP contribution in [0.3, 0.4) is 0 Å². The second-order valence-electron chi connectivity index (χ2n) is 5.01. The van der Waals surface area contributed by atoms with Crippen LogP contribution in [-0.4, -0.2) is 40.2 Å². The van der Waals surface area contributed by atoms with Gasteiger partial charge >= 0.3 is 0 Å². The van der Waals surface area contributed by atoms with Crippen LogP contribution in [0.4, 0.5) is 0 Å². The fourth-order valence-electron chi connectivity index (χ4n) is 2.49. The van der Waals surface area contributed by atoms with Crippen molar-refractivity contribution in [2.24, 2.45) is 5.73 Å². The molecule has 1 fully saturated rings. The van der Waals surface area contributed by atoms with Crippen molar-refractivity contribution < 1.29 is 4.74 Å². The molecule has 0 aromatic carbocycles. The summed E-state index contributed by atoms with van der Waals surface area (Å²) in [6.07, 6.45) is 3.08. The summed E-state index contributed by atoms with van der Waals surface area (Å²) in [4.78, 5) is 7.09. The second kappa shape index (κ2) is 6.41. The van der Waals surface area contributed by atoms with Crippen LogP contribution in [0.15, 0.2) is 18.3 Å². The van der Waals surface area contributed by atoms with Crippen LogP contribution in [0.5, 0.6) is 0 Å². The Bertz CT molecular complexity index is 452. The molecule has 0 saturated carbocycles. The molecule has 104 valence electrons. The lowest BCUT2D eigenvalue weighted by atomic mass is 10.1. The maximum atomic E-state index is 5.74. The highest BCUT2D eigenvalue weighted by atomic mass is 32.1. The average molecular weight is 279 g/mol. The van der Waals surface area contributed by atoms with Gasteiger partial charge in [0.15, 0.2) is 0 Å².